The average molecular weight is 410 g/mol. The number of aryl methyl sites for hydroxylation is 1. The predicted octanol–water partition coefficient (Wildman–Crippen LogP) is 3.52. The van der Waals surface area contributed by atoms with Crippen LogP contribution in [0, 0.1) is 6.92 Å². The average Bonchev–Trinajstić information content (AvgIpc) is 2.99. The maximum atomic E-state index is 12.5. The Hall–Kier alpha value is -2.00. The molecule has 1 amide bonds. The van der Waals surface area contributed by atoms with Gasteiger partial charge >= 0.3 is 0 Å². The fourth-order valence-corrected chi connectivity index (χ4v) is 4.59. The first-order valence-electron chi connectivity index (χ1n) is 7.65. The van der Waals surface area contributed by atoms with E-state index in [1.54, 1.807) is 0 Å². The molecule has 1 aromatic heterocycles. The quantitative estimate of drug-likeness (QED) is 0.699. The van der Waals surface area contributed by atoms with Crippen molar-refractivity contribution in [2.45, 2.75) is 11.8 Å². The van der Waals surface area contributed by atoms with E-state index in [1.165, 1.54) is 42.6 Å². The van der Waals surface area contributed by atoms with Crippen LogP contribution < -0.4 is 5.32 Å². The zero-order valence-corrected chi connectivity index (χ0v) is 16.5. The normalized spacial score (nSPS) is 11.8. The van der Waals surface area contributed by atoms with Crippen LogP contribution in [-0.2, 0) is 14.8 Å². The van der Waals surface area contributed by atoms with Crippen LogP contribution in [0.4, 0.5) is 5.13 Å². The maximum Gasteiger partial charge on any atom is 0.243 e. The van der Waals surface area contributed by atoms with Crippen LogP contribution in [0.2, 0.25) is 5.02 Å². The topological polar surface area (TPSA) is 79.4 Å². The summed E-state index contributed by atoms with van der Waals surface area (Å²) in [5.41, 5.74) is 1.84. The summed E-state index contributed by atoms with van der Waals surface area (Å²) in [5.74, 6) is -0.457. The fourth-order valence-electron chi connectivity index (χ4n) is 2.37. The Labute approximate surface area is 160 Å². The lowest BCUT2D eigenvalue weighted by atomic mass is 10.2. The minimum atomic E-state index is -3.78. The first-order chi connectivity index (χ1) is 12.3. The van der Waals surface area contributed by atoms with Crippen molar-refractivity contribution >= 4 is 54.2 Å². The largest absolute Gasteiger partial charge is 0.301 e. The van der Waals surface area contributed by atoms with Crippen molar-refractivity contribution in [3.05, 3.63) is 53.1 Å². The molecule has 6 nitrogen and oxygen atoms in total. The number of rotatable bonds is 5. The van der Waals surface area contributed by atoms with Crippen LogP contribution in [0.1, 0.15) is 5.56 Å². The maximum absolute atomic E-state index is 12.5. The van der Waals surface area contributed by atoms with Gasteiger partial charge in [-0.1, -0.05) is 35.1 Å². The van der Waals surface area contributed by atoms with Crippen molar-refractivity contribution in [2.75, 3.05) is 18.9 Å². The molecule has 0 atom stereocenters. The number of nitrogens with one attached hydrogen (secondary N) is 1. The molecule has 0 aliphatic rings. The first kappa shape index (κ1) is 18.8. The highest BCUT2D eigenvalue weighted by Crippen LogP contribution is 2.27. The van der Waals surface area contributed by atoms with E-state index in [2.05, 4.69) is 10.3 Å². The highest BCUT2D eigenvalue weighted by molar-refractivity contribution is 7.89. The summed E-state index contributed by atoms with van der Waals surface area (Å²) in [6, 6.07) is 11.6. The summed E-state index contributed by atoms with van der Waals surface area (Å²) in [5, 5.41) is 3.54. The molecule has 136 valence electrons. The molecule has 26 heavy (non-hydrogen) atoms. The number of anilines is 1. The van der Waals surface area contributed by atoms with E-state index >= 15 is 0 Å². The van der Waals surface area contributed by atoms with Gasteiger partial charge in [0.1, 0.15) is 0 Å². The highest BCUT2D eigenvalue weighted by atomic mass is 35.5. The number of carbonyl (C=O) groups is 1. The number of para-hydroxylation sites is 1. The van der Waals surface area contributed by atoms with Crippen molar-refractivity contribution in [2.24, 2.45) is 0 Å². The van der Waals surface area contributed by atoms with Gasteiger partial charge in [0, 0.05) is 12.1 Å². The second-order valence-electron chi connectivity index (χ2n) is 5.70. The van der Waals surface area contributed by atoms with Gasteiger partial charge in [-0.15, -0.1) is 0 Å². The molecule has 0 fully saturated rings. The first-order valence-corrected chi connectivity index (χ1v) is 10.3. The SMILES string of the molecule is Cc1cccc2sc(NC(=O)CN(C)S(=O)(=O)c3ccc(Cl)cc3)nc12. The van der Waals surface area contributed by atoms with Gasteiger partial charge in [0.2, 0.25) is 15.9 Å². The van der Waals surface area contributed by atoms with Gasteiger partial charge in [-0.2, -0.15) is 4.31 Å². The fraction of sp³-hybridized carbons (Fsp3) is 0.176. The monoisotopic (exact) mass is 409 g/mol. The van der Waals surface area contributed by atoms with Gasteiger partial charge in [-0.3, -0.25) is 4.79 Å². The molecule has 0 radical (unpaired) electrons. The lowest BCUT2D eigenvalue weighted by Crippen LogP contribution is -2.34. The van der Waals surface area contributed by atoms with E-state index in [-0.39, 0.29) is 11.4 Å². The predicted molar refractivity (Wildman–Crippen MR) is 104 cm³/mol. The molecule has 2 aromatic carbocycles. The standard InChI is InChI=1S/C17H16ClN3O3S2/c1-11-4-3-5-14-16(11)20-17(25-14)19-15(22)10-21(2)26(23,24)13-8-6-12(18)7-9-13/h3-9H,10H2,1-2H3,(H,19,20,22). The third kappa shape index (κ3) is 3.88. The van der Waals surface area contributed by atoms with E-state index in [4.69, 9.17) is 11.6 Å². The highest BCUT2D eigenvalue weighted by Gasteiger charge is 2.23. The molecule has 3 aromatic rings. The molecule has 9 heteroatoms. The Morgan fingerprint density at radius 3 is 2.58 bits per heavy atom. The van der Waals surface area contributed by atoms with E-state index < -0.39 is 15.9 Å². The van der Waals surface area contributed by atoms with Crippen LogP contribution in [-0.4, -0.2) is 37.2 Å². The lowest BCUT2D eigenvalue weighted by molar-refractivity contribution is -0.116. The molecule has 1 heterocycles. The Balaban J connectivity index is 1.72. The Morgan fingerprint density at radius 1 is 1.23 bits per heavy atom. The van der Waals surface area contributed by atoms with Gasteiger partial charge in [0.15, 0.2) is 5.13 Å². The van der Waals surface area contributed by atoms with E-state index in [0.29, 0.717) is 10.2 Å². The Bertz CT molecular complexity index is 1060. The molecular formula is C17H16ClN3O3S2. The summed E-state index contributed by atoms with van der Waals surface area (Å²) < 4.78 is 27.0. The van der Waals surface area contributed by atoms with Crippen molar-refractivity contribution in [1.82, 2.24) is 9.29 Å². The molecule has 0 bridgehead atoms. The van der Waals surface area contributed by atoms with Crippen molar-refractivity contribution < 1.29 is 13.2 Å². The summed E-state index contributed by atoms with van der Waals surface area (Å²) in [7, 11) is -2.42. The number of halogens is 1. The van der Waals surface area contributed by atoms with Gasteiger partial charge in [-0.25, -0.2) is 13.4 Å². The number of fused-ring (bicyclic) bond motifs is 1. The lowest BCUT2D eigenvalue weighted by Gasteiger charge is -2.16. The molecule has 1 N–H and O–H groups in total. The number of nitrogens with zero attached hydrogens (tertiary/aromatic N) is 2. The number of hydrogen-bond donors (Lipinski definition) is 1. The van der Waals surface area contributed by atoms with Crippen LogP contribution in [0.15, 0.2) is 47.4 Å². The van der Waals surface area contributed by atoms with Gasteiger partial charge < -0.3 is 5.32 Å². The molecule has 0 unspecified atom stereocenters. The second kappa shape index (κ2) is 7.32. The third-order valence-corrected chi connectivity index (χ3v) is 6.76. The summed E-state index contributed by atoms with van der Waals surface area (Å²) in [6.45, 7) is 1.62. The van der Waals surface area contributed by atoms with Crippen molar-refractivity contribution in [3.63, 3.8) is 0 Å². The van der Waals surface area contributed by atoms with E-state index in [1.807, 2.05) is 25.1 Å². The van der Waals surface area contributed by atoms with Crippen LogP contribution in [0.3, 0.4) is 0 Å². The molecular weight excluding hydrogens is 394 g/mol. The number of amides is 1. The second-order valence-corrected chi connectivity index (χ2v) is 9.22. The number of aromatic nitrogens is 1. The molecule has 0 saturated carbocycles. The van der Waals surface area contributed by atoms with Crippen LogP contribution in [0.25, 0.3) is 10.2 Å². The van der Waals surface area contributed by atoms with Gasteiger partial charge in [-0.05, 0) is 42.8 Å². The number of likely N-dealkylation sites (N-methyl/N-ethyl adjacent to an activating group) is 1. The Kier molecular flexibility index (Phi) is 5.29. The molecule has 0 aliphatic carbocycles. The smallest absolute Gasteiger partial charge is 0.243 e. The number of benzene rings is 2. The van der Waals surface area contributed by atoms with Gasteiger partial charge in [0.25, 0.3) is 0 Å². The molecule has 3 rings (SSSR count). The van der Waals surface area contributed by atoms with Crippen LogP contribution in [0.5, 0.6) is 0 Å². The molecule has 0 spiro atoms. The number of sulfonamides is 1. The summed E-state index contributed by atoms with van der Waals surface area (Å²) in [6.07, 6.45) is 0. The number of hydrogen-bond acceptors (Lipinski definition) is 5. The van der Waals surface area contributed by atoms with Crippen molar-refractivity contribution in [3.8, 4) is 0 Å². The third-order valence-electron chi connectivity index (χ3n) is 3.76. The number of carbonyl (C=O) groups excluding carboxylic acids is 1. The van der Waals surface area contributed by atoms with Gasteiger partial charge in [0.05, 0.1) is 21.7 Å². The zero-order valence-electron chi connectivity index (χ0n) is 14.1. The minimum Gasteiger partial charge on any atom is -0.301 e. The van der Waals surface area contributed by atoms with Crippen molar-refractivity contribution in [1.29, 1.82) is 0 Å². The Morgan fingerprint density at radius 2 is 1.92 bits per heavy atom. The molecule has 0 saturated heterocycles. The van der Waals surface area contributed by atoms with E-state index in [0.717, 1.165) is 20.1 Å². The van der Waals surface area contributed by atoms with Crippen LogP contribution >= 0.6 is 22.9 Å². The summed E-state index contributed by atoms with van der Waals surface area (Å²) >= 11 is 7.13. The zero-order chi connectivity index (χ0) is 18.9. The molecule has 0 aliphatic heterocycles. The van der Waals surface area contributed by atoms with E-state index in [9.17, 15) is 13.2 Å². The minimum absolute atomic E-state index is 0.0767. The number of thiazole rings is 1. The summed E-state index contributed by atoms with van der Waals surface area (Å²) in [4.78, 5) is 16.7.